The van der Waals surface area contributed by atoms with Gasteiger partial charge in [-0.1, -0.05) is 19.8 Å². The van der Waals surface area contributed by atoms with Crippen LogP contribution in [0.1, 0.15) is 39.5 Å². The standard InChI is InChI=1S/C14H27N3/c1-12-6-5-7-14(8-12,17(3)4)11-16-10-13(2)9-15/h12-13,16H,5-8,10-11H2,1-4H3. The second-order valence-corrected chi connectivity index (χ2v) is 5.98. The number of hydrogen-bond acceptors (Lipinski definition) is 3. The summed E-state index contributed by atoms with van der Waals surface area (Å²) in [4.78, 5) is 2.38. The van der Waals surface area contributed by atoms with Crippen LogP contribution in [0.4, 0.5) is 0 Å². The van der Waals surface area contributed by atoms with Gasteiger partial charge in [-0.05, 0) is 39.8 Å². The summed E-state index contributed by atoms with van der Waals surface area (Å²) >= 11 is 0. The number of nitriles is 1. The highest BCUT2D eigenvalue weighted by Crippen LogP contribution is 2.35. The van der Waals surface area contributed by atoms with E-state index in [9.17, 15) is 0 Å². The van der Waals surface area contributed by atoms with Crippen LogP contribution in [-0.4, -0.2) is 37.6 Å². The quantitative estimate of drug-likeness (QED) is 0.797. The fourth-order valence-electron chi connectivity index (χ4n) is 2.92. The Morgan fingerprint density at radius 3 is 2.76 bits per heavy atom. The van der Waals surface area contributed by atoms with Crippen molar-refractivity contribution in [2.45, 2.75) is 45.1 Å². The molecule has 17 heavy (non-hydrogen) atoms. The highest BCUT2D eigenvalue weighted by molar-refractivity contribution is 4.95. The minimum absolute atomic E-state index is 0.107. The van der Waals surface area contributed by atoms with Gasteiger partial charge in [0.25, 0.3) is 0 Å². The molecular weight excluding hydrogens is 210 g/mol. The molecule has 1 fully saturated rings. The van der Waals surface area contributed by atoms with Gasteiger partial charge in [-0.3, -0.25) is 0 Å². The summed E-state index contributed by atoms with van der Waals surface area (Å²) in [5.74, 6) is 0.927. The Hall–Kier alpha value is -0.590. The summed E-state index contributed by atoms with van der Waals surface area (Å²) in [6.45, 7) is 6.14. The number of hydrogen-bond donors (Lipinski definition) is 1. The van der Waals surface area contributed by atoms with E-state index in [1.54, 1.807) is 0 Å². The van der Waals surface area contributed by atoms with E-state index < -0.39 is 0 Å². The molecule has 1 N–H and O–H groups in total. The maximum Gasteiger partial charge on any atom is 0.0666 e. The molecule has 0 radical (unpaired) electrons. The maximum absolute atomic E-state index is 8.79. The van der Waals surface area contributed by atoms with Gasteiger partial charge in [0, 0.05) is 18.6 Å². The van der Waals surface area contributed by atoms with Crippen LogP contribution in [0.3, 0.4) is 0 Å². The van der Waals surface area contributed by atoms with Crippen molar-refractivity contribution in [3.05, 3.63) is 0 Å². The number of nitrogens with one attached hydrogen (secondary N) is 1. The fraction of sp³-hybridized carbons (Fsp3) is 0.929. The van der Waals surface area contributed by atoms with Gasteiger partial charge in [0.1, 0.15) is 0 Å². The van der Waals surface area contributed by atoms with Gasteiger partial charge >= 0.3 is 0 Å². The average molecular weight is 237 g/mol. The molecule has 0 amide bonds. The lowest BCUT2D eigenvalue weighted by Gasteiger charge is -2.45. The summed E-state index contributed by atoms with van der Waals surface area (Å²) in [5.41, 5.74) is 0.298. The molecule has 0 aromatic rings. The monoisotopic (exact) mass is 237 g/mol. The molecule has 1 saturated carbocycles. The van der Waals surface area contributed by atoms with E-state index in [-0.39, 0.29) is 5.92 Å². The van der Waals surface area contributed by atoms with Crippen molar-refractivity contribution in [1.82, 2.24) is 10.2 Å². The van der Waals surface area contributed by atoms with E-state index in [0.717, 1.165) is 19.0 Å². The van der Waals surface area contributed by atoms with Crippen molar-refractivity contribution in [2.24, 2.45) is 11.8 Å². The molecule has 1 aliphatic carbocycles. The molecule has 0 bridgehead atoms. The molecule has 3 nitrogen and oxygen atoms in total. The van der Waals surface area contributed by atoms with Gasteiger partial charge < -0.3 is 10.2 Å². The van der Waals surface area contributed by atoms with E-state index in [2.05, 4.69) is 37.3 Å². The van der Waals surface area contributed by atoms with Gasteiger partial charge in [0.2, 0.25) is 0 Å². The zero-order chi connectivity index (χ0) is 12.9. The Morgan fingerprint density at radius 2 is 2.24 bits per heavy atom. The van der Waals surface area contributed by atoms with Crippen LogP contribution in [-0.2, 0) is 0 Å². The number of rotatable bonds is 5. The summed E-state index contributed by atoms with van der Waals surface area (Å²) in [6, 6.07) is 2.28. The molecule has 0 saturated heterocycles. The first-order chi connectivity index (χ1) is 8.00. The minimum atomic E-state index is 0.107. The summed E-state index contributed by atoms with van der Waals surface area (Å²) in [5, 5.41) is 12.3. The largest absolute Gasteiger partial charge is 0.314 e. The minimum Gasteiger partial charge on any atom is -0.314 e. The Morgan fingerprint density at radius 1 is 1.53 bits per heavy atom. The molecule has 3 heteroatoms. The molecule has 1 aliphatic rings. The first kappa shape index (κ1) is 14.5. The summed E-state index contributed by atoms with van der Waals surface area (Å²) < 4.78 is 0. The summed E-state index contributed by atoms with van der Waals surface area (Å²) in [7, 11) is 4.38. The molecule has 0 aromatic carbocycles. The smallest absolute Gasteiger partial charge is 0.0666 e. The SMILES string of the molecule is CC(C#N)CNCC1(N(C)C)CCCC(C)C1. The molecular formula is C14H27N3. The van der Waals surface area contributed by atoms with E-state index in [0.29, 0.717) is 5.54 Å². The van der Waals surface area contributed by atoms with Gasteiger partial charge in [-0.2, -0.15) is 5.26 Å². The van der Waals surface area contributed by atoms with Gasteiger partial charge in [0.15, 0.2) is 0 Å². The fourth-order valence-corrected chi connectivity index (χ4v) is 2.92. The van der Waals surface area contributed by atoms with E-state index in [1.165, 1.54) is 25.7 Å². The van der Waals surface area contributed by atoms with Crippen LogP contribution in [0, 0.1) is 23.2 Å². The molecule has 3 unspecified atom stereocenters. The summed E-state index contributed by atoms with van der Waals surface area (Å²) in [6.07, 6.45) is 5.24. The second-order valence-electron chi connectivity index (χ2n) is 5.98. The Labute approximate surface area is 106 Å². The molecule has 98 valence electrons. The van der Waals surface area contributed by atoms with Crippen molar-refractivity contribution in [3.63, 3.8) is 0 Å². The lowest BCUT2D eigenvalue weighted by molar-refractivity contribution is 0.0749. The first-order valence-corrected chi connectivity index (χ1v) is 6.78. The Bertz CT molecular complexity index is 269. The van der Waals surface area contributed by atoms with Crippen molar-refractivity contribution in [3.8, 4) is 6.07 Å². The van der Waals surface area contributed by atoms with Crippen LogP contribution in [0.25, 0.3) is 0 Å². The lowest BCUT2D eigenvalue weighted by Crippen LogP contribution is -2.54. The maximum atomic E-state index is 8.79. The van der Waals surface area contributed by atoms with Crippen molar-refractivity contribution < 1.29 is 0 Å². The molecule has 1 rings (SSSR count). The third-order valence-corrected chi connectivity index (χ3v) is 4.14. The highest BCUT2D eigenvalue weighted by Gasteiger charge is 2.36. The Balaban J connectivity index is 2.51. The third kappa shape index (κ3) is 3.97. The van der Waals surface area contributed by atoms with Crippen LogP contribution in [0.5, 0.6) is 0 Å². The van der Waals surface area contributed by atoms with Crippen LogP contribution >= 0.6 is 0 Å². The Kier molecular flexibility index (Phi) is 5.42. The normalized spacial score (nSPS) is 31.2. The molecule has 0 aliphatic heterocycles. The zero-order valence-corrected chi connectivity index (χ0v) is 11.8. The molecule has 0 aromatic heterocycles. The third-order valence-electron chi connectivity index (χ3n) is 4.14. The average Bonchev–Trinajstić information content (AvgIpc) is 2.28. The number of likely N-dealkylation sites (N-methyl/N-ethyl adjacent to an activating group) is 1. The highest BCUT2D eigenvalue weighted by atomic mass is 15.2. The van der Waals surface area contributed by atoms with E-state index in [1.807, 2.05) is 6.92 Å². The topological polar surface area (TPSA) is 39.1 Å². The van der Waals surface area contributed by atoms with Gasteiger partial charge in [-0.25, -0.2) is 0 Å². The second kappa shape index (κ2) is 6.37. The van der Waals surface area contributed by atoms with Crippen LogP contribution in [0.15, 0.2) is 0 Å². The molecule has 0 heterocycles. The predicted molar refractivity (Wildman–Crippen MR) is 71.7 cm³/mol. The van der Waals surface area contributed by atoms with E-state index in [4.69, 9.17) is 5.26 Å². The predicted octanol–water partition coefficient (Wildman–Crippen LogP) is 2.25. The van der Waals surface area contributed by atoms with Crippen molar-refractivity contribution in [1.29, 1.82) is 5.26 Å². The van der Waals surface area contributed by atoms with Crippen LogP contribution in [0.2, 0.25) is 0 Å². The van der Waals surface area contributed by atoms with Gasteiger partial charge in [-0.15, -0.1) is 0 Å². The van der Waals surface area contributed by atoms with Crippen LogP contribution < -0.4 is 5.32 Å². The van der Waals surface area contributed by atoms with Gasteiger partial charge in [0.05, 0.1) is 12.0 Å². The first-order valence-electron chi connectivity index (χ1n) is 6.78. The number of nitrogens with zero attached hydrogens (tertiary/aromatic N) is 2. The van der Waals surface area contributed by atoms with Crippen molar-refractivity contribution >= 4 is 0 Å². The van der Waals surface area contributed by atoms with Crippen molar-refractivity contribution in [2.75, 3.05) is 27.2 Å². The zero-order valence-electron chi connectivity index (χ0n) is 11.8. The molecule has 3 atom stereocenters. The lowest BCUT2D eigenvalue weighted by atomic mass is 9.75. The molecule has 0 spiro atoms. The van der Waals surface area contributed by atoms with E-state index >= 15 is 0 Å².